The summed E-state index contributed by atoms with van der Waals surface area (Å²) in [5.74, 6) is -0.732. The predicted molar refractivity (Wildman–Crippen MR) is 108 cm³/mol. The van der Waals surface area contributed by atoms with Crippen LogP contribution in [0, 0.1) is 0 Å². The number of rotatable bonds is 3. The summed E-state index contributed by atoms with van der Waals surface area (Å²) in [6.07, 6.45) is 5.61. The molecule has 4 aromatic rings. The first-order chi connectivity index (χ1) is 13.2. The quantitative estimate of drug-likeness (QED) is 0.376. The minimum absolute atomic E-state index is 0.366. The first-order valence-electron chi connectivity index (χ1n) is 8.49. The summed E-state index contributed by atoms with van der Waals surface area (Å²) in [4.78, 5) is 32.9. The first-order valence-corrected chi connectivity index (χ1v) is 9.72. The molecule has 0 unspecified atom stereocenters. The molecule has 1 aliphatic heterocycles. The van der Waals surface area contributed by atoms with Crippen LogP contribution in [-0.2, 0) is 9.59 Å². The lowest BCUT2D eigenvalue weighted by Gasteiger charge is -2.03. The van der Waals surface area contributed by atoms with Crippen LogP contribution < -0.4 is 5.32 Å². The van der Waals surface area contributed by atoms with E-state index in [0.717, 1.165) is 37.8 Å². The van der Waals surface area contributed by atoms with E-state index < -0.39 is 0 Å². The number of imide groups is 1. The van der Waals surface area contributed by atoms with Crippen molar-refractivity contribution in [2.24, 2.45) is 0 Å². The number of aromatic amines is 2. The molecule has 5 rings (SSSR count). The Balaban J connectivity index is 1.80. The van der Waals surface area contributed by atoms with Gasteiger partial charge in [0.2, 0.25) is 0 Å². The molecular weight excluding hydrogens is 358 g/mol. The lowest BCUT2D eigenvalue weighted by molar-refractivity contribution is -0.122. The summed E-state index contributed by atoms with van der Waals surface area (Å²) in [7, 11) is 0. The molecule has 2 aromatic carbocycles. The summed E-state index contributed by atoms with van der Waals surface area (Å²) < 4.78 is 0. The minimum Gasteiger partial charge on any atom is -0.361 e. The van der Waals surface area contributed by atoms with E-state index in [1.165, 1.54) is 0 Å². The van der Waals surface area contributed by atoms with Crippen LogP contribution in [0.25, 0.3) is 33.0 Å². The van der Waals surface area contributed by atoms with E-state index in [1.807, 2.05) is 48.7 Å². The lowest BCUT2D eigenvalue weighted by Crippen LogP contribution is -2.22. The van der Waals surface area contributed by atoms with E-state index in [0.29, 0.717) is 11.1 Å². The third-order valence-corrected chi connectivity index (χ3v) is 5.67. The maximum absolute atomic E-state index is 12.7. The van der Waals surface area contributed by atoms with Gasteiger partial charge in [0.25, 0.3) is 11.8 Å². The highest BCUT2D eigenvalue weighted by Gasteiger charge is 2.34. The van der Waals surface area contributed by atoms with Crippen molar-refractivity contribution in [3.05, 3.63) is 66.0 Å². The molecular formula is C21H15N3O2S. The van der Waals surface area contributed by atoms with Crippen LogP contribution in [0.5, 0.6) is 0 Å². The number of H-pyrrole nitrogens is 2. The Morgan fingerprint density at radius 1 is 0.778 bits per heavy atom. The largest absolute Gasteiger partial charge is 0.361 e. The van der Waals surface area contributed by atoms with Crippen LogP contribution in [0.15, 0.2) is 59.8 Å². The molecule has 132 valence electrons. The van der Waals surface area contributed by atoms with E-state index in [-0.39, 0.29) is 11.8 Å². The van der Waals surface area contributed by atoms with E-state index in [2.05, 4.69) is 15.3 Å². The van der Waals surface area contributed by atoms with Crippen molar-refractivity contribution in [1.82, 2.24) is 15.3 Å². The Morgan fingerprint density at radius 2 is 1.41 bits per heavy atom. The molecule has 2 aromatic heterocycles. The molecule has 0 bridgehead atoms. The third-order valence-electron chi connectivity index (χ3n) is 4.95. The minimum atomic E-state index is -0.366. The number of para-hydroxylation sites is 1. The normalized spacial score (nSPS) is 14.6. The highest BCUT2D eigenvalue weighted by Crippen LogP contribution is 2.37. The van der Waals surface area contributed by atoms with Gasteiger partial charge in [0.1, 0.15) is 0 Å². The predicted octanol–water partition coefficient (Wildman–Crippen LogP) is 3.94. The summed E-state index contributed by atoms with van der Waals surface area (Å²) in [6.45, 7) is 0. The second kappa shape index (κ2) is 5.89. The number of amides is 2. The maximum atomic E-state index is 12.7. The summed E-state index contributed by atoms with van der Waals surface area (Å²) in [5, 5.41) is 4.30. The van der Waals surface area contributed by atoms with Crippen LogP contribution in [-0.4, -0.2) is 28.0 Å². The first kappa shape index (κ1) is 16.0. The number of aromatic nitrogens is 2. The number of benzene rings is 2. The van der Waals surface area contributed by atoms with Gasteiger partial charge in [0.15, 0.2) is 0 Å². The fraction of sp³-hybridized carbons (Fsp3) is 0.0476. The lowest BCUT2D eigenvalue weighted by atomic mass is 9.95. The van der Waals surface area contributed by atoms with Crippen LogP contribution in [0.4, 0.5) is 0 Å². The molecule has 0 aliphatic carbocycles. The Hall–Kier alpha value is -3.25. The molecule has 0 fully saturated rings. The number of hydrogen-bond acceptors (Lipinski definition) is 3. The zero-order valence-corrected chi connectivity index (χ0v) is 15.2. The van der Waals surface area contributed by atoms with Gasteiger partial charge in [-0.15, -0.1) is 11.8 Å². The summed E-state index contributed by atoms with van der Waals surface area (Å²) >= 11 is 1.66. The van der Waals surface area contributed by atoms with Crippen molar-refractivity contribution >= 4 is 56.5 Å². The average Bonchev–Trinajstić information content (AvgIpc) is 3.36. The van der Waals surface area contributed by atoms with Gasteiger partial charge in [-0.2, -0.15) is 0 Å². The van der Waals surface area contributed by atoms with Crippen molar-refractivity contribution in [3.63, 3.8) is 0 Å². The van der Waals surface area contributed by atoms with Gasteiger partial charge >= 0.3 is 0 Å². The second-order valence-corrected chi connectivity index (χ2v) is 7.27. The highest BCUT2D eigenvalue weighted by molar-refractivity contribution is 7.98. The van der Waals surface area contributed by atoms with E-state index >= 15 is 0 Å². The van der Waals surface area contributed by atoms with E-state index in [1.54, 1.807) is 24.2 Å². The molecule has 0 atom stereocenters. The number of fused-ring (bicyclic) bond motifs is 2. The number of carbonyl (C=O) groups excluding carboxylic acids is 2. The van der Waals surface area contributed by atoms with E-state index in [9.17, 15) is 9.59 Å². The summed E-state index contributed by atoms with van der Waals surface area (Å²) in [5.41, 5.74) is 4.16. The van der Waals surface area contributed by atoms with Gasteiger partial charge in [-0.3, -0.25) is 14.9 Å². The fourth-order valence-corrected chi connectivity index (χ4v) is 4.13. The number of nitrogens with one attached hydrogen (secondary N) is 3. The molecule has 27 heavy (non-hydrogen) atoms. The van der Waals surface area contributed by atoms with Gasteiger partial charge in [-0.05, 0) is 24.5 Å². The average molecular weight is 373 g/mol. The molecule has 3 heterocycles. The van der Waals surface area contributed by atoms with Gasteiger partial charge in [0, 0.05) is 50.2 Å². The Bertz CT molecular complexity index is 1280. The second-order valence-electron chi connectivity index (χ2n) is 6.40. The van der Waals surface area contributed by atoms with Crippen molar-refractivity contribution in [3.8, 4) is 0 Å². The van der Waals surface area contributed by atoms with Gasteiger partial charge in [0.05, 0.1) is 11.1 Å². The number of thioether (sulfide) groups is 1. The maximum Gasteiger partial charge on any atom is 0.259 e. The fourth-order valence-electron chi connectivity index (χ4n) is 3.69. The molecule has 6 heteroatoms. The zero-order chi connectivity index (χ0) is 18.5. The smallest absolute Gasteiger partial charge is 0.259 e. The molecule has 5 nitrogen and oxygen atoms in total. The molecule has 1 aliphatic rings. The molecule has 3 N–H and O–H groups in total. The van der Waals surface area contributed by atoms with Gasteiger partial charge in [-0.1, -0.05) is 24.3 Å². The topological polar surface area (TPSA) is 77.8 Å². The Morgan fingerprint density at radius 3 is 2.11 bits per heavy atom. The SMILES string of the molecule is CSc1ccc2c(C3=C(c4c[nH]c5ccccc45)C(=O)NC3=O)c[nH]c2c1. The van der Waals surface area contributed by atoms with Gasteiger partial charge in [-0.25, -0.2) is 0 Å². The van der Waals surface area contributed by atoms with Crippen LogP contribution in [0.1, 0.15) is 11.1 Å². The monoisotopic (exact) mass is 373 g/mol. The van der Waals surface area contributed by atoms with Crippen molar-refractivity contribution in [2.45, 2.75) is 4.90 Å². The van der Waals surface area contributed by atoms with Crippen molar-refractivity contribution in [1.29, 1.82) is 0 Å². The van der Waals surface area contributed by atoms with Crippen molar-refractivity contribution < 1.29 is 9.59 Å². The van der Waals surface area contributed by atoms with Gasteiger partial charge < -0.3 is 9.97 Å². The molecule has 0 saturated heterocycles. The van der Waals surface area contributed by atoms with Crippen LogP contribution >= 0.6 is 11.8 Å². The summed E-state index contributed by atoms with van der Waals surface area (Å²) in [6, 6.07) is 13.8. The molecule has 0 spiro atoms. The van der Waals surface area contributed by atoms with Crippen molar-refractivity contribution in [2.75, 3.05) is 6.26 Å². The van der Waals surface area contributed by atoms with Crippen LogP contribution in [0.3, 0.4) is 0 Å². The standard InChI is InChI=1S/C21H15N3O2S/c1-27-11-6-7-13-15(10-23-17(13)8-11)19-18(20(25)24-21(19)26)14-9-22-16-5-3-2-4-12(14)16/h2-10,22-23H,1H3,(H,24,25,26). The number of carbonyl (C=O) groups is 2. The van der Waals surface area contributed by atoms with Crippen LogP contribution in [0.2, 0.25) is 0 Å². The molecule has 0 radical (unpaired) electrons. The molecule has 2 amide bonds. The Labute approximate surface area is 158 Å². The zero-order valence-electron chi connectivity index (χ0n) is 14.4. The third kappa shape index (κ3) is 2.34. The highest BCUT2D eigenvalue weighted by atomic mass is 32.2. The van der Waals surface area contributed by atoms with E-state index in [4.69, 9.17) is 0 Å². The number of hydrogen-bond donors (Lipinski definition) is 3. The molecule has 0 saturated carbocycles. The Kier molecular flexibility index (Phi) is 3.48.